The van der Waals surface area contributed by atoms with E-state index in [-0.39, 0.29) is 24.2 Å². The maximum atomic E-state index is 12.9. The molecule has 2 amide bonds. The van der Waals surface area contributed by atoms with Crippen LogP contribution in [0.15, 0.2) is 18.2 Å². The summed E-state index contributed by atoms with van der Waals surface area (Å²) in [7, 11) is 0. The minimum Gasteiger partial charge on any atom is -0.436 e. The number of alkyl carbamates (subject to hydrolysis) is 1. The van der Waals surface area contributed by atoms with E-state index in [0.717, 1.165) is 23.1 Å². The fourth-order valence-corrected chi connectivity index (χ4v) is 2.49. The lowest BCUT2D eigenvalue weighted by molar-refractivity contribution is -0.137. The van der Waals surface area contributed by atoms with Gasteiger partial charge < -0.3 is 15.0 Å². The number of rotatable bonds is 2. The van der Waals surface area contributed by atoms with Gasteiger partial charge in [-0.1, -0.05) is 0 Å². The van der Waals surface area contributed by atoms with E-state index in [1.54, 1.807) is 26.8 Å². The summed E-state index contributed by atoms with van der Waals surface area (Å²) in [6.07, 6.45) is -6.38. The average Bonchev–Trinajstić information content (AvgIpc) is 2.84. The zero-order valence-corrected chi connectivity index (χ0v) is 14.5. The molecule has 1 aromatic carbocycles. The van der Waals surface area contributed by atoms with Crippen molar-refractivity contribution < 1.29 is 27.5 Å². The Labute approximate surface area is 148 Å². The Morgan fingerprint density at radius 1 is 1.35 bits per heavy atom. The van der Waals surface area contributed by atoms with Gasteiger partial charge in [-0.15, -0.1) is 0 Å². The lowest BCUT2D eigenvalue weighted by Gasteiger charge is -2.22. The predicted octanol–water partition coefficient (Wildman–Crippen LogP) is 3.21. The summed E-state index contributed by atoms with van der Waals surface area (Å²) in [4.78, 5) is 25.3. The molecule has 140 valence electrons. The van der Waals surface area contributed by atoms with Crippen LogP contribution < -0.4 is 10.2 Å². The van der Waals surface area contributed by atoms with E-state index >= 15 is 0 Å². The van der Waals surface area contributed by atoms with E-state index in [9.17, 15) is 22.8 Å². The lowest BCUT2D eigenvalue weighted by atomic mass is 10.1. The second kappa shape index (κ2) is 6.86. The van der Waals surface area contributed by atoms with Gasteiger partial charge in [-0.2, -0.15) is 18.4 Å². The monoisotopic (exact) mass is 369 g/mol. The first-order chi connectivity index (χ1) is 11.9. The molecule has 6 nitrogen and oxygen atoms in total. The summed E-state index contributed by atoms with van der Waals surface area (Å²) in [6.45, 7) is 5.25. The molecule has 0 bridgehead atoms. The normalized spacial score (nSPS) is 17.8. The predicted molar refractivity (Wildman–Crippen MR) is 86.3 cm³/mol. The van der Waals surface area contributed by atoms with E-state index in [4.69, 9.17) is 10.00 Å². The number of nitrogens with zero attached hydrogens (tertiary/aromatic N) is 2. The van der Waals surface area contributed by atoms with E-state index < -0.39 is 35.4 Å². The van der Waals surface area contributed by atoms with Gasteiger partial charge in [0.1, 0.15) is 6.07 Å². The molecule has 1 unspecified atom stereocenters. The third-order valence-electron chi connectivity index (χ3n) is 3.62. The minimum absolute atomic E-state index is 0.0439. The van der Waals surface area contributed by atoms with Crippen LogP contribution >= 0.6 is 0 Å². The summed E-state index contributed by atoms with van der Waals surface area (Å²) in [5, 5.41) is 11.7. The number of hydrogen-bond donors (Lipinski definition) is 1. The number of alkyl halides is 3. The molecule has 0 spiro atoms. The van der Waals surface area contributed by atoms with Gasteiger partial charge in [-0.25, -0.2) is 4.79 Å². The summed E-state index contributed by atoms with van der Waals surface area (Å²) in [5.41, 5.74) is -1.73. The Bertz CT molecular complexity index is 763. The van der Waals surface area contributed by atoms with Crippen LogP contribution in [-0.4, -0.2) is 30.2 Å². The fourth-order valence-electron chi connectivity index (χ4n) is 2.49. The van der Waals surface area contributed by atoms with Crippen LogP contribution in [0, 0.1) is 11.3 Å². The van der Waals surface area contributed by atoms with Gasteiger partial charge >= 0.3 is 12.3 Å². The number of hydrogen-bond acceptors (Lipinski definition) is 4. The van der Waals surface area contributed by atoms with Crippen molar-refractivity contribution in [2.75, 3.05) is 11.4 Å². The highest BCUT2D eigenvalue weighted by molar-refractivity contribution is 6.00. The van der Waals surface area contributed by atoms with Crippen molar-refractivity contribution in [2.24, 2.45) is 0 Å². The molecule has 0 radical (unpaired) electrons. The standard InChI is InChI=1S/C17H18F3N3O3/c1-16(2,3)22-15(25)26-13-6-7-23(14(13)24)12-8-11(17(18,19)20)5-4-10(12)9-21/h4-5,8,13H,6-7H2,1-3H3,(H,22,25). The second-order valence-corrected chi connectivity index (χ2v) is 6.89. The molecule has 1 aliphatic rings. The molecular formula is C17H18F3N3O3. The van der Waals surface area contributed by atoms with E-state index in [0.29, 0.717) is 0 Å². The smallest absolute Gasteiger partial charge is 0.416 e. The number of nitrogens with one attached hydrogen (secondary N) is 1. The van der Waals surface area contributed by atoms with Crippen LogP contribution in [-0.2, 0) is 15.7 Å². The summed E-state index contributed by atoms with van der Waals surface area (Å²) < 4.78 is 43.9. The second-order valence-electron chi connectivity index (χ2n) is 6.89. The van der Waals surface area contributed by atoms with Crippen molar-refractivity contribution in [3.05, 3.63) is 29.3 Å². The first-order valence-electron chi connectivity index (χ1n) is 7.84. The van der Waals surface area contributed by atoms with Crippen molar-refractivity contribution in [3.63, 3.8) is 0 Å². The third-order valence-corrected chi connectivity index (χ3v) is 3.62. The number of benzene rings is 1. The minimum atomic E-state index is -4.60. The highest BCUT2D eigenvalue weighted by Gasteiger charge is 2.38. The van der Waals surface area contributed by atoms with Crippen molar-refractivity contribution in [1.29, 1.82) is 5.26 Å². The molecule has 2 rings (SSSR count). The number of carbonyl (C=O) groups excluding carboxylic acids is 2. The Kier molecular flexibility index (Phi) is 5.16. The topological polar surface area (TPSA) is 82.4 Å². The maximum Gasteiger partial charge on any atom is 0.416 e. The molecule has 1 aromatic rings. The van der Waals surface area contributed by atoms with E-state index in [1.165, 1.54) is 0 Å². The van der Waals surface area contributed by atoms with Gasteiger partial charge in [0, 0.05) is 18.5 Å². The van der Waals surface area contributed by atoms with Gasteiger partial charge in [0.05, 0.1) is 16.8 Å². The van der Waals surface area contributed by atoms with Crippen LogP contribution in [0.2, 0.25) is 0 Å². The SMILES string of the molecule is CC(C)(C)NC(=O)OC1CCN(c2cc(C(F)(F)F)ccc2C#N)C1=O. The van der Waals surface area contributed by atoms with Crippen molar-refractivity contribution >= 4 is 17.7 Å². The summed E-state index contributed by atoms with van der Waals surface area (Å²) >= 11 is 0. The van der Waals surface area contributed by atoms with Crippen LogP contribution in [0.1, 0.15) is 38.3 Å². The molecule has 1 saturated heterocycles. The Hall–Kier alpha value is -2.76. The fraction of sp³-hybridized carbons (Fsp3) is 0.471. The maximum absolute atomic E-state index is 12.9. The largest absolute Gasteiger partial charge is 0.436 e. The highest BCUT2D eigenvalue weighted by atomic mass is 19.4. The van der Waals surface area contributed by atoms with Crippen molar-refractivity contribution in [1.82, 2.24) is 5.32 Å². The number of carbonyl (C=O) groups is 2. The molecular weight excluding hydrogens is 351 g/mol. The van der Waals surface area contributed by atoms with Crippen LogP contribution in [0.5, 0.6) is 0 Å². The average molecular weight is 369 g/mol. The summed E-state index contributed by atoms with van der Waals surface area (Å²) in [5.74, 6) is -0.662. The van der Waals surface area contributed by atoms with Gasteiger partial charge in [0.15, 0.2) is 6.10 Å². The van der Waals surface area contributed by atoms with Crippen molar-refractivity contribution in [2.45, 2.75) is 45.0 Å². The highest BCUT2D eigenvalue weighted by Crippen LogP contribution is 2.35. The van der Waals surface area contributed by atoms with E-state index in [2.05, 4.69) is 5.32 Å². The van der Waals surface area contributed by atoms with Crippen LogP contribution in [0.4, 0.5) is 23.7 Å². The van der Waals surface area contributed by atoms with E-state index in [1.807, 2.05) is 0 Å². The third kappa shape index (κ3) is 4.45. The first kappa shape index (κ1) is 19.6. The number of ether oxygens (including phenoxy) is 1. The first-order valence-corrected chi connectivity index (χ1v) is 7.84. The molecule has 9 heteroatoms. The lowest BCUT2D eigenvalue weighted by Crippen LogP contribution is -2.43. The zero-order chi connectivity index (χ0) is 19.7. The van der Waals surface area contributed by atoms with Crippen LogP contribution in [0.3, 0.4) is 0 Å². The molecule has 1 aliphatic heterocycles. The number of amides is 2. The Morgan fingerprint density at radius 3 is 2.54 bits per heavy atom. The quantitative estimate of drug-likeness (QED) is 0.868. The number of halogens is 3. The van der Waals surface area contributed by atoms with Gasteiger partial charge in [0.25, 0.3) is 5.91 Å². The zero-order valence-electron chi connectivity index (χ0n) is 14.5. The van der Waals surface area contributed by atoms with Crippen molar-refractivity contribution in [3.8, 4) is 6.07 Å². The molecule has 0 aromatic heterocycles. The van der Waals surface area contributed by atoms with Gasteiger partial charge in [-0.05, 0) is 39.0 Å². The molecule has 0 aliphatic carbocycles. The molecule has 1 atom stereocenters. The van der Waals surface area contributed by atoms with Crippen LogP contribution in [0.25, 0.3) is 0 Å². The molecule has 26 heavy (non-hydrogen) atoms. The molecule has 1 fully saturated rings. The Morgan fingerprint density at radius 2 is 2.00 bits per heavy atom. The van der Waals surface area contributed by atoms with Gasteiger partial charge in [-0.3, -0.25) is 4.79 Å². The molecule has 1 heterocycles. The van der Waals surface area contributed by atoms with Gasteiger partial charge in [0.2, 0.25) is 0 Å². The summed E-state index contributed by atoms with van der Waals surface area (Å²) in [6, 6.07) is 4.34. The Balaban J connectivity index is 2.22. The molecule has 0 saturated carbocycles. The number of anilines is 1. The number of nitriles is 1. The molecule has 1 N–H and O–H groups in total.